The third-order valence-electron chi connectivity index (χ3n) is 4.21. The Morgan fingerprint density at radius 1 is 1.29 bits per heavy atom. The molecule has 3 rings (SSSR count). The van der Waals surface area contributed by atoms with E-state index in [9.17, 15) is 14.7 Å². The molecule has 1 saturated heterocycles. The van der Waals surface area contributed by atoms with Gasteiger partial charge in [-0.2, -0.15) is 0 Å². The molecule has 0 bridgehead atoms. The third-order valence-corrected chi connectivity index (χ3v) is 4.21. The molecule has 1 fully saturated rings. The summed E-state index contributed by atoms with van der Waals surface area (Å²) in [5, 5.41) is 9.65. The number of hydrogen-bond acceptors (Lipinski definition) is 5. The van der Waals surface area contributed by atoms with Crippen molar-refractivity contribution in [1.29, 1.82) is 0 Å². The smallest absolute Gasteiger partial charge is 0.348 e. The summed E-state index contributed by atoms with van der Waals surface area (Å²) in [6.07, 6.45) is 4.75. The van der Waals surface area contributed by atoms with Crippen LogP contribution >= 0.6 is 0 Å². The highest BCUT2D eigenvalue weighted by atomic mass is 16.5. The van der Waals surface area contributed by atoms with Gasteiger partial charge in [0.25, 0.3) is 5.91 Å². The number of ether oxygens (including phenoxy) is 1. The number of carbonyl (C=O) groups excluding carboxylic acids is 1. The van der Waals surface area contributed by atoms with Gasteiger partial charge in [-0.3, -0.25) is 9.78 Å². The Hall–Kier alpha value is -2.83. The van der Waals surface area contributed by atoms with Crippen LogP contribution in [0.2, 0.25) is 0 Å². The van der Waals surface area contributed by atoms with Crippen LogP contribution in [0.3, 0.4) is 0 Å². The number of rotatable bonds is 4. The number of pyridine rings is 1. The second-order valence-corrected chi connectivity index (χ2v) is 5.84. The van der Waals surface area contributed by atoms with E-state index in [4.69, 9.17) is 9.15 Å². The van der Waals surface area contributed by atoms with E-state index in [1.165, 1.54) is 18.7 Å². The Kier molecular flexibility index (Phi) is 4.24. The first-order valence-electron chi connectivity index (χ1n) is 7.67. The number of aromatic nitrogens is 1. The van der Waals surface area contributed by atoms with Crippen LogP contribution in [0.5, 0.6) is 5.75 Å². The predicted octanol–water partition coefficient (Wildman–Crippen LogP) is 2.12. The lowest BCUT2D eigenvalue weighted by Crippen LogP contribution is -2.54. The highest BCUT2D eigenvalue weighted by Crippen LogP contribution is 2.29. The molecule has 1 aliphatic rings. The molecule has 7 nitrogen and oxygen atoms in total. The Balaban J connectivity index is 1.71. The maximum atomic E-state index is 12.3. The summed E-state index contributed by atoms with van der Waals surface area (Å²) < 4.78 is 10.7. The first-order valence-corrected chi connectivity index (χ1v) is 7.67. The minimum absolute atomic E-state index is 0.167. The van der Waals surface area contributed by atoms with E-state index in [0.717, 1.165) is 5.69 Å². The van der Waals surface area contributed by atoms with Gasteiger partial charge in [0.1, 0.15) is 12.0 Å². The SMILES string of the molecule is Cc1ccc(OC2(C(=O)O)CCN(C(=O)c3ccoc3)CC2)cn1. The van der Waals surface area contributed by atoms with Crippen molar-refractivity contribution in [2.45, 2.75) is 25.4 Å². The largest absolute Gasteiger partial charge is 0.478 e. The summed E-state index contributed by atoms with van der Waals surface area (Å²) in [6.45, 7) is 2.45. The van der Waals surface area contributed by atoms with Gasteiger partial charge in [0.05, 0.1) is 18.0 Å². The molecule has 2 aromatic heterocycles. The van der Waals surface area contributed by atoms with Gasteiger partial charge in [0, 0.05) is 31.6 Å². The van der Waals surface area contributed by atoms with Crippen molar-refractivity contribution in [2.75, 3.05) is 13.1 Å². The summed E-state index contributed by atoms with van der Waals surface area (Å²) in [5.74, 6) is -0.782. The fraction of sp³-hybridized carbons (Fsp3) is 0.353. The number of amides is 1. The van der Waals surface area contributed by atoms with Gasteiger partial charge in [0.15, 0.2) is 0 Å². The molecule has 0 radical (unpaired) electrons. The van der Waals surface area contributed by atoms with Gasteiger partial charge >= 0.3 is 5.97 Å². The molecule has 2 aromatic rings. The van der Waals surface area contributed by atoms with Crippen LogP contribution in [0.25, 0.3) is 0 Å². The molecule has 1 amide bonds. The molecular weight excluding hydrogens is 312 g/mol. The average molecular weight is 330 g/mol. The lowest BCUT2D eigenvalue weighted by Gasteiger charge is -2.38. The molecule has 0 unspecified atom stereocenters. The zero-order valence-electron chi connectivity index (χ0n) is 13.3. The number of carbonyl (C=O) groups is 2. The van der Waals surface area contributed by atoms with Gasteiger partial charge in [-0.25, -0.2) is 4.79 Å². The van der Waals surface area contributed by atoms with Gasteiger partial charge in [0.2, 0.25) is 5.60 Å². The molecule has 3 heterocycles. The monoisotopic (exact) mass is 330 g/mol. The van der Waals surface area contributed by atoms with Crippen LogP contribution in [0.1, 0.15) is 28.9 Å². The molecule has 126 valence electrons. The average Bonchev–Trinajstić information content (AvgIpc) is 3.11. The van der Waals surface area contributed by atoms with Crippen LogP contribution in [0.4, 0.5) is 0 Å². The van der Waals surface area contributed by atoms with Crippen molar-refractivity contribution in [2.24, 2.45) is 0 Å². The number of furan rings is 1. The summed E-state index contributed by atoms with van der Waals surface area (Å²) >= 11 is 0. The lowest BCUT2D eigenvalue weighted by atomic mass is 9.90. The third kappa shape index (κ3) is 3.10. The number of aliphatic carboxylic acids is 1. The number of piperidine rings is 1. The van der Waals surface area contributed by atoms with Gasteiger partial charge in [-0.15, -0.1) is 0 Å². The highest BCUT2D eigenvalue weighted by molar-refractivity contribution is 5.94. The minimum Gasteiger partial charge on any atom is -0.478 e. The van der Waals surface area contributed by atoms with Crippen molar-refractivity contribution >= 4 is 11.9 Å². The molecule has 0 atom stereocenters. The van der Waals surface area contributed by atoms with Gasteiger partial charge < -0.3 is 19.2 Å². The quantitative estimate of drug-likeness (QED) is 0.923. The number of carboxylic acids is 1. The van der Waals surface area contributed by atoms with Crippen LogP contribution in [0, 0.1) is 6.92 Å². The minimum atomic E-state index is -1.34. The normalized spacial score (nSPS) is 16.6. The van der Waals surface area contributed by atoms with Crippen LogP contribution in [-0.2, 0) is 4.79 Å². The van der Waals surface area contributed by atoms with Crippen LogP contribution in [-0.4, -0.2) is 45.6 Å². The number of likely N-dealkylation sites (tertiary alicyclic amines) is 1. The fourth-order valence-electron chi connectivity index (χ4n) is 2.74. The van der Waals surface area contributed by atoms with Crippen LogP contribution < -0.4 is 4.74 Å². The first kappa shape index (κ1) is 16.0. The topological polar surface area (TPSA) is 92.9 Å². The maximum absolute atomic E-state index is 12.3. The zero-order valence-corrected chi connectivity index (χ0v) is 13.3. The second kappa shape index (κ2) is 6.35. The number of carboxylic acid groups (broad SMARTS) is 1. The Labute approximate surface area is 138 Å². The number of hydrogen-bond donors (Lipinski definition) is 1. The van der Waals surface area contributed by atoms with E-state index in [-0.39, 0.29) is 18.7 Å². The van der Waals surface area contributed by atoms with E-state index in [1.807, 2.05) is 6.92 Å². The van der Waals surface area contributed by atoms with E-state index < -0.39 is 11.6 Å². The molecule has 1 N–H and O–H groups in total. The van der Waals surface area contributed by atoms with Crippen LogP contribution in [0.15, 0.2) is 41.3 Å². The molecule has 1 aliphatic heterocycles. The summed E-state index contributed by atoms with van der Waals surface area (Å²) in [4.78, 5) is 29.8. The zero-order chi connectivity index (χ0) is 17.2. The highest BCUT2D eigenvalue weighted by Gasteiger charge is 2.45. The summed E-state index contributed by atoms with van der Waals surface area (Å²) in [6, 6.07) is 5.06. The van der Waals surface area contributed by atoms with Gasteiger partial charge in [-0.1, -0.05) is 0 Å². The van der Waals surface area contributed by atoms with Gasteiger partial charge in [-0.05, 0) is 25.1 Å². The van der Waals surface area contributed by atoms with E-state index in [0.29, 0.717) is 24.4 Å². The fourth-order valence-corrected chi connectivity index (χ4v) is 2.74. The van der Waals surface area contributed by atoms with E-state index in [2.05, 4.69) is 4.98 Å². The van der Waals surface area contributed by atoms with Crippen molar-refractivity contribution < 1.29 is 23.8 Å². The van der Waals surface area contributed by atoms with Crippen molar-refractivity contribution in [3.8, 4) is 5.75 Å². The first-order chi connectivity index (χ1) is 11.5. The molecule has 0 spiro atoms. The molecule has 7 heteroatoms. The Morgan fingerprint density at radius 2 is 2.04 bits per heavy atom. The Morgan fingerprint density at radius 3 is 2.58 bits per heavy atom. The molecule has 24 heavy (non-hydrogen) atoms. The number of aryl methyl sites for hydroxylation is 1. The van der Waals surface area contributed by atoms with E-state index in [1.54, 1.807) is 23.1 Å². The lowest BCUT2D eigenvalue weighted by molar-refractivity contribution is -0.159. The summed E-state index contributed by atoms with van der Waals surface area (Å²) in [5.41, 5.74) is -0.0573. The van der Waals surface area contributed by atoms with Crippen molar-refractivity contribution in [3.63, 3.8) is 0 Å². The predicted molar refractivity (Wildman–Crippen MR) is 83.8 cm³/mol. The summed E-state index contributed by atoms with van der Waals surface area (Å²) in [7, 11) is 0. The molecule has 0 aliphatic carbocycles. The molecule has 0 aromatic carbocycles. The Bertz CT molecular complexity index is 716. The maximum Gasteiger partial charge on any atom is 0.348 e. The standard InChI is InChI=1S/C17H18N2O5/c1-12-2-3-14(10-18-12)24-17(16(21)22)5-7-19(8-6-17)15(20)13-4-9-23-11-13/h2-4,9-11H,5-8H2,1H3,(H,21,22). The van der Waals surface area contributed by atoms with Crippen molar-refractivity contribution in [1.82, 2.24) is 9.88 Å². The molecular formula is C17H18N2O5. The number of nitrogens with zero attached hydrogens (tertiary/aromatic N) is 2. The van der Waals surface area contributed by atoms with Crippen molar-refractivity contribution in [3.05, 3.63) is 48.2 Å². The second-order valence-electron chi connectivity index (χ2n) is 5.84. The molecule has 0 saturated carbocycles. The van der Waals surface area contributed by atoms with E-state index >= 15 is 0 Å².